The van der Waals surface area contributed by atoms with Crippen LogP contribution in [-0.4, -0.2) is 19.1 Å². The Morgan fingerprint density at radius 2 is 1.76 bits per heavy atom. The summed E-state index contributed by atoms with van der Waals surface area (Å²) < 4.78 is 12.2. The topological polar surface area (TPSA) is 47.6 Å². The maximum Gasteiger partial charge on any atom is 0.235 e. The molecule has 4 nitrogen and oxygen atoms in total. The van der Waals surface area contributed by atoms with E-state index in [0.29, 0.717) is 24.7 Å². The van der Waals surface area contributed by atoms with E-state index < -0.39 is 5.41 Å². The van der Waals surface area contributed by atoms with Crippen LogP contribution in [-0.2, 0) is 10.2 Å². The average Bonchev–Trinajstić information content (AvgIpc) is 3.40. The first-order valence-corrected chi connectivity index (χ1v) is 9.35. The second-order valence-corrected chi connectivity index (χ2v) is 6.98. The van der Waals surface area contributed by atoms with Gasteiger partial charge in [0.1, 0.15) is 11.5 Å². The molecule has 1 aliphatic carbocycles. The van der Waals surface area contributed by atoms with Gasteiger partial charge in [-0.1, -0.05) is 28.1 Å². The van der Waals surface area contributed by atoms with E-state index in [4.69, 9.17) is 9.47 Å². The molecule has 0 saturated heterocycles. The quantitative estimate of drug-likeness (QED) is 0.713. The lowest BCUT2D eigenvalue weighted by Crippen LogP contribution is -2.28. The van der Waals surface area contributed by atoms with E-state index in [9.17, 15) is 4.79 Å². The van der Waals surface area contributed by atoms with Gasteiger partial charge in [-0.3, -0.25) is 4.79 Å². The summed E-state index contributed by atoms with van der Waals surface area (Å²) in [5.41, 5.74) is 1.26. The molecule has 1 aliphatic rings. The molecule has 0 unspecified atom stereocenters. The number of benzene rings is 2. The Bertz CT molecular complexity index is 754. The van der Waals surface area contributed by atoms with E-state index in [0.717, 1.165) is 28.6 Å². The molecule has 2 aromatic carbocycles. The van der Waals surface area contributed by atoms with Gasteiger partial charge in [0, 0.05) is 10.5 Å². The summed E-state index contributed by atoms with van der Waals surface area (Å²) in [4.78, 5) is 13.0. The molecule has 132 valence electrons. The normalized spacial score (nSPS) is 14.7. The second kappa shape index (κ2) is 7.48. The standard InChI is InChI=1S/C20H22BrNO3/c1-3-24-16-9-10-18(25-4-2)17(13-16)22-19(23)20(11-12-20)14-5-7-15(21)8-6-14/h5-10,13H,3-4,11-12H2,1-2H3,(H,22,23). The van der Waals surface area contributed by atoms with Gasteiger partial charge in [0.2, 0.25) is 5.91 Å². The van der Waals surface area contributed by atoms with Gasteiger partial charge in [0.05, 0.1) is 24.3 Å². The zero-order chi connectivity index (χ0) is 17.9. The van der Waals surface area contributed by atoms with Crippen molar-refractivity contribution in [2.45, 2.75) is 32.1 Å². The predicted molar refractivity (Wildman–Crippen MR) is 102 cm³/mol. The smallest absolute Gasteiger partial charge is 0.235 e. The minimum atomic E-state index is -0.439. The Kier molecular flexibility index (Phi) is 5.33. The van der Waals surface area contributed by atoms with Gasteiger partial charge < -0.3 is 14.8 Å². The van der Waals surface area contributed by atoms with Crippen LogP contribution in [0.3, 0.4) is 0 Å². The fourth-order valence-electron chi connectivity index (χ4n) is 2.93. The van der Waals surface area contributed by atoms with Crippen molar-refractivity contribution in [3.63, 3.8) is 0 Å². The predicted octanol–water partition coefficient (Wildman–Crippen LogP) is 4.92. The molecule has 0 radical (unpaired) electrons. The van der Waals surface area contributed by atoms with Crippen molar-refractivity contribution < 1.29 is 14.3 Å². The number of carbonyl (C=O) groups excluding carboxylic acids is 1. The van der Waals surface area contributed by atoms with Crippen LogP contribution in [0.2, 0.25) is 0 Å². The van der Waals surface area contributed by atoms with E-state index in [-0.39, 0.29) is 5.91 Å². The Labute approximate surface area is 156 Å². The molecule has 1 saturated carbocycles. The summed E-state index contributed by atoms with van der Waals surface area (Å²) >= 11 is 3.44. The van der Waals surface area contributed by atoms with Gasteiger partial charge in [-0.2, -0.15) is 0 Å². The third-order valence-electron chi connectivity index (χ3n) is 4.39. The number of ether oxygens (including phenoxy) is 2. The zero-order valence-corrected chi connectivity index (χ0v) is 16.1. The number of halogens is 1. The summed E-state index contributed by atoms with van der Waals surface area (Å²) in [6, 6.07) is 13.5. The van der Waals surface area contributed by atoms with Crippen molar-refractivity contribution in [1.29, 1.82) is 0 Å². The summed E-state index contributed by atoms with van der Waals surface area (Å²) in [6.45, 7) is 4.96. The first-order chi connectivity index (χ1) is 12.1. The van der Waals surface area contributed by atoms with E-state index >= 15 is 0 Å². The largest absolute Gasteiger partial charge is 0.494 e. The highest BCUT2D eigenvalue weighted by molar-refractivity contribution is 9.10. The van der Waals surface area contributed by atoms with Gasteiger partial charge in [-0.05, 0) is 56.5 Å². The first-order valence-electron chi connectivity index (χ1n) is 8.56. The molecule has 1 fully saturated rings. The maximum absolute atomic E-state index is 13.0. The molecule has 0 aliphatic heterocycles. The van der Waals surface area contributed by atoms with E-state index in [2.05, 4.69) is 21.2 Å². The van der Waals surface area contributed by atoms with Crippen molar-refractivity contribution in [2.24, 2.45) is 0 Å². The second-order valence-electron chi connectivity index (χ2n) is 6.07. The highest BCUT2D eigenvalue weighted by Crippen LogP contribution is 2.49. The molecule has 0 spiro atoms. The zero-order valence-electron chi connectivity index (χ0n) is 14.5. The maximum atomic E-state index is 13.0. The van der Waals surface area contributed by atoms with E-state index in [1.165, 1.54) is 0 Å². The fraction of sp³-hybridized carbons (Fsp3) is 0.350. The Morgan fingerprint density at radius 3 is 2.36 bits per heavy atom. The van der Waals surface area contributed by atoms with Crippen molar-refractivity contribution in [2.75, 3.05) is 18.5 Å². The molecular weight excluding hydrogens is 382 g/mol. The van der Waals surface area contributed by atoms with Crippen LogP contribution in [0.5, 0.6) is 11.5 Å². The Balaban J connectivity index is 1.84. The van der Waals surface area contributed by atoms with Gasteiger partial charge in [0.15, 0.2) is 0 Å². The summed E-state index contributed by atoms with van der Waals surface area (Å²) in [5, 5.41) is 3.05. The SMILES string of the molecule is CCOc1ccc(OCC)c(NC(=O)C2(c3ccc(Br)cc3)CC2)c1. The van der Waals surface area contributed by atoms with E-state index in [1.54, 1.807) is 0 Å². The summed E-state index contributed by atoms with van der Waals surface area (Å²) in [5.74, 6) is 1.38. The minimum absolute atomic E-state index is 0.00410. The fourth-order valence-corrected chi connectivity index (χ4v) is 3.19. The monoisotopic (exact) mass is 403 g/mol. The van der Waals surface area contributed by atoms with Gasteiger partial charge >= 0.3 is 0 Å². The van der Waals surface area contributed by atoms with Crippen LogP contribution >= 0.6 is 15.9 Å². The minimum Gasteiger partial charge on any atom is -0.494 e. The Hall–Kier alpha value is -2.01. The number of nitrogens with one attached hydrogen (secondary N) is 1. The molecule has 0 atom stereocenters. The third-order valence-corrected chi connectivity index (χ3v) is 4.92. The molecule has 25 heavy (non-hydrogen) atoms. The van der Waals surface area contributed by atoms with Crippen molar-refractivity contribution in [1.82, 2.24) is 0 Å². The number of anilines is 1. The van der Waals surface area contributed by atoms with Gasteiger partial charge in [-0.15, -0.1) is 0 Å². The molecule has 0 bridgehead atoms. The molecule has 0 heterocycles. The number of rotatable bonds is 7. The van der Waals surface area contributed by atoms with Crippen LogP contribution in [0.15, 0.2) is 46.9 Å². The van der Waals surface area contributed by atoms with Crippen molar-refractivity contribution >= 4 is 27.5 Å². The summed E-state index contributed by atoms with van der Waals surface area (Å²) in [7, 11) is 0. The third kappa shape index (κ3) is 3.82. The number of hydrogen-bond donors (Lipinski definition) is 1. The lowest BCUT2D eigenvalue weighted by molar-refractivity contribution is -0.118. The molecule has 2 aromatic rings. The van der Waals surface area contributed by atoms with Gasteiger partial charge in [-0.25, -0.2) is 0 Å². The van der Waals surface area contributed by atoms with Gasteiger partial charge in [0.25, 0.3) is 0 Å². The highest BCUT2D eigenvalue weighted by atomic mass is 79.9. The molecule has 3 rings (SSSR count). The lowest BCUT2D eigenvalue weighted by Gasteiger charge is -2.18. The molecule has 5 heteroatoms. The van der Waals surface area contributed by atoms with E-state index in [1.807, 2.05) is 56.3 Å². The molecule has 1 N–H and O–H groups in total. The number of carbonyl (C=O) groups is 1. The van der Waals surface area contributed by atoms with Crippen molar-refractivity contribution in [3.8, 4) is 11.5 Å². The molecule has 1 amide bonds. The van der Waals surface area contributed by atoms with Crippen LogP contribution < -0.4 is 14.8 Å². The van der Waals surface area contributed by atoms with Crippen LogP contribution in [0.4, 0.5) is 5.69 Å². The van der Waals surface area contributed by atoms with Crippen LogP contribution in [0.25, 0.3) is 0 Å². The summed E-state index contributed by atoms with van der Waals surface area (Å²) in [6.07, 6.45) is 1.71. The molecular formula is C20H22BrNO3. The van der Waals surface area contributed by atoms with Crippen LogP contribution in [0.1, 0.15) is 32.3 Å². The first kappa shape index (κ1) is 17.8. The van der Waals surface area contributed by atoms with Crippen molar-refractivity contribution in [3.05, 3.63) is 52.5 Å². The average molecular weight is 404 g/mol. The highest BCUT2D eigenvalue weighted by Gasteiger charge is 2.51. The number of amides is 1. The van der Waals surface area contributed by atoms with Crippen LogP contribution in [0, 0.1) is 0 Å². The lowest BCUT2D eigenvalue weighted by atomic mass is 9.95. The number of hydrogen-bond acceptors (Lipinski definition) is 3. The molecule has 0 aromatic heterocycles. The Morgan fingerprint density at radius 1 is 1.08 bits per heavy atom.